The highest BCUT2D eigenvalue weighted by Crippen LogP contribution is 2.35. The van der Waals surface area contributed by atoms with Gasteiger partial charge >= 0.3 is 6.09 Å². The number of piperazine rings is 1. The Kier molecular flexibility index (Phi) is 9.23. The topological polar surface area (TPSA) is 140 Å². The molecular formula is C26H31Cl2N5O6S. The Morgan fingerprint density at radius 2 is 1.82 bits per heavy atom. The molecule has 3 atom stereocenters. The Morgan fingerprint density at radius 3 is 2.38 bits per heavy atom. The molecule has 216 valence electrons. The summed E-state index contributed by atoms with van der Waals surface area (Å²) in [6.45, 7) is 3.01. The van der Waals surface area contributed by atoms with Crippen molar-refractivity contribution in [3.8, 4) is 0 Å². The number of pyridine rings is 1. The van der Waals surface area contributed by atoms with Crippen LogP contribution < -0.4 is 5.32 Å². The smallest absolute Gasteiger partial charge is 0.405 e. The van der Waals surface area contributed by atoms with E-state index in [9.17, 15) is 27.9 Å². The van der Waals surface area contributed by atoms with Gasteiger partial charge in [-0.1, -0.05) is 48.5 Å². The first-order valence-corrected chi connectivity index (χ1v) is 15.1. The van der Waals surface area contributed by atoms with E-state index in [1.54, 1.807) is 38.4 Å². The molecule has 1 aliphatic carbocycles. The van der Waals surface area contributed by atoms with E-state index in [2.05, 4.69) is 10.3 Å². The van der Waals surface area contributed by atoms with Gasteiger partial charge in [-0.05, 0) is 43.7 Å². The lowest BCUT2D eigenvalue weighted by molar-refractivity contribution is -0.168. The molecule has 1 aromatic carbocycles. The van der Waals surface area contributed by atoms with Gasteiger partial charge in [0, 0.05) is 36.4 Å². The summed E-state index contributed by atoms with van der Waals surface area (Å²) < 4.78 is 28.8. The van der Waals surface area contributed by atoms with Gasteiger partial charge < -0.3 is 20.2 Å². The molecule has 5 rings (SSSR count). The molecule has 3 heterocycles. The number of aromatic nitrogens is 1. The van der Waals surface area contributed by atoms with Crippen molar-refractivity contribution in [1.29, 1.82) is 0 Å². The molecule has 2 N–H and O–H groups in total. The third-order valence-electron chi connectivity index (χ3n) is 6.74. The van der Waals surface area contributed by atoms with Crippen LogP contribution in [0.2, 0.25) is 10.0 Å². The van der Waals surface area contributed by atoms with E-state index in [1.807, 2.05) is 0 Å². The number of fused-ring (bicyclic) bond motifs is 1. The lowest BCUT2D eigenvalue weighted by Gasteiger charge is -2.54. The highest BCUT2D eigenvalue weighted by molar-refractivity contribution is 7.89. The number of carboxylic acid groups (broad SMARTS) is 1. The fraction of sp³-hybridized carbons (Fsp3) is 0.462. The van der Waals surface area contributed by atoms with E-state index in [0.29, 0.717) is 5.56 Å². The first-order valence-electron chi connectivity index (χ1n) is 12.9. The summed E-state index contributed by atoms with van der Waals surface area (Å²) in [5.41, 5.74) is 0.654. The van der Waals surface area contributed by atoms with Crippen molar-refractivity contribution in [2.45, 2.75) is 68.7 Å². The molecule has 14 heteroatoms. The first-order chi connectivity index (χ1) is 18.9. The van der Waals surface area contributed by atoms with Gasteiger partial charge in [0.1, 0.15) is 23.1 Å². The molecule has 40 heavy (non-hydrogen) atoms. The lowest BCUT2D eigenvalue weighted by atomic mass is 9.97. The molecule has 0 bridgehead atoms. The van der Waals surface area contributed by atoms with Crippen molar-refractivity contribution in [3.05, 3.63) is 58.3 Å². The second kappa shape index (κ2) is 12.3. The lowest BCUT2D eigenvalue weighted by Crippen LogP contribution is -2.76. The normalized spacial score (nSPS) is 22.9. The predicted octanol–water partition coefficient (Wildman–Crippen LogP) is 3.22. The van der Waals surface area contributed by atoms with Gasteiger partial charge in [0.05, 0.1) is 11.6 Å². The minimum atomic E-state index is -4.37. The van der Waals surface area contributed by atoms with Crippen molar-refractivity contribution in [2.75, 3.05) is 13.1 Å². The van der Waals surface area contributed by atoms with Gasteiger partial charge in [-0.25, -0.2) is 13.2 Å². The van der Waals surface area contributed by atoms with E-state index in [4.69, 9.17) is 23.2 Å². The van der Waals surface area contributed by atoms with E-state index in [1.165, 1.54) is 47.3 Å². The number of rotatable bonds is 6. The van der Waals surface area contributed by atoms with Crippen LogP contribution in [-0.4, -0.2) is 87.9 Å². The summed E-state index contributed by atoms with van der Waals surface area (Å²) in [5, 5.41) is 11.6. The van der Waals surface area contributed by atoms with Crippen LogP contribution in [0.15, 0.2) is 47.6 Å². The van der Waals surface area contributed by atoms with Crippen molar-refractivity contribution in [2.24, 2.45) is 0 Å². The molecule has 3 amide bonds. The number of nitrogens with zero attached hydrogens (tertiary/aromatic N) is 4. The van der Waals surface area contributed by atoms with E-state index in [-0.39, 0.29) is 39.9 Å². The number of carbonyl (C=O) groups is 3. The number of benzene rings is 1. The Balaban J connectivity index is 0.00000115. The molecule has 0 radical (unpaired) electrons. The largest absolute Gasteiger partial charge is 0.465 e. The fourth-order valence-corrected chi connectivity index (χ4v) is 7.01. The van der Waals surface area contributed by atoms with Crippen LogP contribution in [0, 0.1) is 0 Å². The minimum Gasteiger partial charge on any atom is -0.465 e. The summed E-state index contributed by atoms with van der Waals surface area (Å²) in [6.07, 6.45) is 5.08. The zero-order chi connectivity index (χ0) is 29.2. The Bertz CT molecular complexity index is 1370. The Hall–Kier alpha value is -2.93. The average Bonchev–Trinajstić information content (AvgIpc) is 3.76. The summed E-state index contributed by atoms with van der Waals surface area (Å²) in [7, 11) is -4.37. The third-order valence-corrected chi connectivity index (χ3v) is 9.32. The van der Waals surface area contributed by atoms with Crippen LogP contribution >= 0.6 is 23.2 Å². The summed E-state index contributed by atoms with van der Waals surface area (Å²) >= 11 is 12.2. The zero-order valence-corrected chi connectivity index (χ0v) is 24.4. The van der Waals surface area contributed by atoms with Crippen LogP contribution in [-0.2, 0) is 26.0 Å². The quantitative estimate of drug-likeness (QED) is 0.511. The molecule has 3 aliphatic rings. The highest BCUT2D eigenvalue weighted by atomic mass is 35.5. The molecule has 1 aromatic heterocycles. The number of halogens is 2. The maximum Gasteiger partial charge on any atom is 0.405 e. The molecule has 3 fully saturated rings. The van der Waals surface area contributed by atoms with Crippen molar-refractivity contribution in [1.82, 2.24) is 24.4 Å². The average molecular weight is 613 g/mol. The molecule has 2 saturated heterocycles. The number of hydrogen-bond donors (Lipinski definition) is 2. The molecule has 0 spiro atoms. The number of hydrogen-bond acceptors (Lipinski definition) is 6. The molecule has 2 aromatic rings. The maximum atomic E-state index is 13.9. The standard InChI is InChI=1S/C23H25Cl2N5O6S.C3H6/c1-13(2)28-12-20-29(37(35,36)19-6-5-15(24)9-16(19)25)11-17(27-23(33)34)21(31)30(20)18(22(28)32)8-14-4-3-7-26-10-14;1-2-3-1/h3-7,9-10,13,17-18,20,27H,8,11-12H2,1-2H3,(H,33,34);1-3H2. The molecule has 1 saturated carbocycles. The number of sulfonamides is 1. The van der Waals surface area contributed by atoms with Gasteiger partial charge in [0.2, 0.25) is 21.8 Å². The third kappa shape index (κ3) is 6.51. The summed E-state index contributed by atoms with van der Waals surface area (Å²) in [4.78, 5) is 45.2. The van der Waals surface area contributed by atoms with Crippen molar-refractivity contribution >= 4 is 51.1 Å². The molecule has 11 nitrogen and oxygen atoms in total. The fourth-order valence-electron chi connectivity index (χ4n) is 4.68. The van der Waals surface area contributed by atoms with Gasteiger partial charge in [0.15, 0.2) is 0 Å². The van der Waals surface area contributed by atoms with Gasteiger partial charge in [0.25, 0.3) is 0 Å². The predicted molar refractivity (Wildman–Crippen MR) is 148 cm³/mol. The number of carbonyl (C=O) groups excluding carboxylic acids is 2. The summed E-state index contributed by atoms with van der Waals surface area (Å²) in [6, 6.07) is 4.52. The van der Waals surface area contributed by atoms with E-state index >= 15 is 0 Å². The Labute approximate surface area is 243 Å². The number of nitrogens with one attached hydrogen (secondary N) is 1. The van der Waals surface area contributed by atoms with Crippen LogP contribution in [0.4, 0.5) is 4.79 Å². The highest BCUT2D eigenvalue weighted by Gasteiger charge is 2.54. The second-order valence-electron chi connectivity index (χ2n) is 10.1. The van der Waals surface area contributed by atoms with Crippen LogP contribution in [0.25, 0.3) is 0 Å². The van der Waals surface area contributed by atoms with Crippen molar-refractivity contribution in [3.63, 3.8) is 0 Å². The maximum absolute atomic E-state index is 13.9. The molecular weight excluding hydrogens is 581 g/mol. The van der Waals surface area contributed by atoms with Crippen LogP contribution in [0.5, 0.6) is 0 Å². The SMILES string of the molecule is C1CC1.CC(C)N1CC2N(C(=O)C(NC(=O)O)CN2S(=O)(=O)c2ccc(Cl)cc2Cl)C(Cc2cccnc2)C1=O. The van der Waals surface area contributed by atoms with Crippen LogP contribution in [0.3, 0.4) is 0 Å². The van der Waals surface area contributed by atoms with Crippen LogP contribution in [0.1, 0.15) is 38.7 Å². The zero-order valence-electron chi connectivity index (χ0n) is 22.0. The van der Waals surface area contributed by atoms with Gasteiger partial charge in [-0.3, -0.25) is 14.6 Å². The van der Waals surface area contributed by atoms with Gasteiger partial charge in [-0.15, -0.1) is 0 Å². The monoisotopic (exact) mass is 611 g/mol. The molecule has 2 aliphatic heterocycles. The van der Waals surface area contributed by atoms with Crippen molar-refractivity contribution < 1.29 is 27.9 Å². The second-order valence-corrected chi connectivity index (χ2v) is 12.8. The van der Waals surface area contributed by atoms with Gasteiger partial charge in [-0.2, -0.15) is 4.31 Å². The number of amides is 3. The summed E-state index contributed by atoms with van der Waals surface area (Å²) in [5.74, 6) is -1.06. The van der Waals surface area contributed by atoms with E-state index < -0.39 is 46.8 Å². The minimum absolute atomic E-state index is 0.0630. The first kappa shape index (κ1) is 30.0. The molecule has 3 unspecified atom stereocenters. The van der Waals surface area contributed by atoms with E-state index in [0.717, 1.165) is 4.31 Å². The Morgan fingerprint density at radius 1 is 1.12 bits per heavy atom.